The van der Waals surface area contributed by atoms with Gasteiger partial charge in [-0.15, -0.1) is 0 Å². The third-order valence-corrected chi connectivity index (χ3v) is 3.23. The van der Waals surface area contributed by atoms with E-state index in [-0.39, 0.29) is 24.3 Å². The largest absolute Gasteiger partial charge is 0.496 e. The number of hydrogen-bond donors (Lipinski definition) is 3. The second-order valence-electron chi connectivity index (χ2n) is 4.83. The minimum Gasteiger partial charge on any atom is -0.496 e. The molecule has 0 saturated heterocycles. The molecular weight excluding hydrogens is 310 g/mol. The first-order valence-corrected chi connectivity index (χ1v) is 7.42. The Labute approximate surface area is 148 Å². The van der Waals surface area contributed by atoms with E-state index in [0.717, 1.165) is 0 Å². The van der Waals surface area contributed by atoms with Gasteiger partial charge in [0, 0.05) is 11.2 Å². The van der Waals surface area contributed by atoms with Crippen molar-refractivity contribution in [1.82, 2.24) is 10.6 Å². The molecule has 0 bridgehead atoms. The topological polar surface area (TPSA) is 88.7 Å². The highest BCUT2D eigenvalue weighted by atomic mass is 16.5. The molecule has 0 fully saturated rings. The van der Waals surface area contributed by atoms with Gasteiger partial charge in [0.05, 0.1) is 20.3 Å². The first-order valence-electron chi connectivity index (χ1n) is 9.42. The predicted octanol–water partition coefficient (Wildman–Crippen LogP) is 1.40. The molecule has 7 heteroatoms. The molecule has 1 amide bonds. The van der Waals surface area contributed by atoms with Crippen molar-refractivity contribution < 1.29 is 24.5 Å². The van der Waals surface area contributed by atoms with E-state index < -0.39 is 30.7 Å². The molecule has 1 aromatic carbocycles. The van der Waals surface area contributed by atoms with E-state index in [2.05, 4.69) is 16.0 Å². The maximum absolute atomic E-state index is 12.6. The molecule has 134 valence electrons. The van der Waals surface area contributed by atoms with Crippen LogP contribution in [0.4, 0.5) is 5.69 Å². The molecular formula is C17H27N3O4. The number of carbonyl (C=O) groups is 2. The predicted molar refractivity (Wildman–Crippen MR) is 93.6 cm³/mol. The van der Waals surface area contributed by atoms with Crippen molar-refractivity contribution in [3.63, 3.8) is 0 Å². The lowest BCUT2D eigenvalue weighted by Gasteiger charge is -2.17. The molecule has 0 aliphatic rings. The van der Waals surface area contributed by atoms with Crippen molar-refractivity contribution >= 4 is 17.6 Å². The maximum Gasteiger partial charge on any atom is 0.341 e. The summed E-state index contributed by atoms with van der Waals surface area (Å²) in [6, 6.07) is 3.43. The molecule has 0 aliphatic carbocycles. The number of amides is 1. The second kappa shape index (κ2) is 10.6. The van der Waals surface area contributed by atoms with Crippen LogP contribution in [0.25, 0.3) is 0 Å². The van der Waals surface area contributed by atoms with Crippen LogP contribution in [0.3, 0.4) is 0 Å². The smallest absolute Gasteiger partial charge is 0.341 e. The highest BCUT2D eigenvalue weighted by Gasteiger charge is 2.18. The van der Waals surface area contributed by atoms with E-state index in [1.165, 1.54) is 46.5 Å². The Bertz CT molecular complexity index is 701. The fourth-order valence-electron chi connectivity index (χ4n) is 1.94. The minimum atomic E-state index is -2.27. The summed E-state index contributed by atoms with van der Waals surface area (Å²) in [5.41, 5.74) is 0.426. The quantitative estimate of drug-likeness (QED) is 0.558. The molecule has 0 heterocycles. The van der Waals surface area contributed by atoms with Crippen LogP contribution in [0.15, 0.2) is 18.2 Å². The van der Waals surface area contributed by atoms with Gasteiger partial charge in [-0.1, -0.05) is 6.37 Å². The average molecular weight is 341 g/mol. The van der Waals surface area contributed by atoms with Gasteiger partial charge in [-0.2, -0.15) is 0 Å². The first-order chi connectivity index (χ1) is 13.0. The fourth-order valence-corrected chi connectivity index (χ4v) is 1.94. The van der Waals surface area contributed by atoms with Crippen LogP contribution in [-0.4, -0.2) is 52.8 Å². The maximum atomic E-state index is 12.6. The third kappa shape index (κ3) is 5.82. The fraction of sp³-hybridized carbons (Fsp3) is 0.529. The molecule has 0 spiro atoms. The number of anilines is 1. The highest BCUT2D eigenvalue weighted by molar-refractivity contribution is 5.98. The normalized spacial score (nSPS) is 15.3. The SMILES string of the molecule is [2H]C([2H])(CNC)C([2H])([2H])C[C@H](NC)C(=O)Nc1ccc(OC)c(C(=O)OC)c1. The Morgan fingerprint density at radius 1 is 1.25 bits per heavy atom. The van der Waals surface area contributed by atoms with Crippen molar-refractivity contribution in [2.24, 2.45) is 0 Å². The Morgan fingerprint density at radius 3 is 2.58 bits per heavy atom. The zero-order chi connectivity index (χ0) is 21.5. The number of hydrogen-bond acceptors (Lipinski definition) is 6. The van der Waals surface area contributed by atoms with Gasteiger partial charge < -0.3 is 25.4 Å². The van der Waals surface area contributed by atoms with E-state index >= 15 is 0 Å². The molecule has 0 aromatic heterocycles. The van der Waals surface area contributed by atoms with Gasteiger partial charge >= 0.3 is 5.97 Å². The first kappa shape index (κ1) is 14.2. The number of carbonyl (C=O) groups excluding carboxylic acids is 2. The Hall–Kier alpha value is -2.12. The zero-order valence-electron chi connectivity index (χ0n) is 18.4. The number of ether oxygens (including phenoxy) is 2. The summed E-state index contributed by atoms with van der Waals surface area (Å²) >= 11 is 0. The summed E-state index contributed by atoms with van der Waals surface area (Å²) in [5, 5.41) is 7.92. The van der Waals surface area contributed by atoms with Crippen LogP contribution in [0, 0.1) is 0 Å². The van der Waals surface area contributed by atoms with Crippen LogP contribution in [0.1, 0.15) is 35.0 Å². The van der Waals surface area contributed by atoms with Crippen LogP contribution in [-0.2, 0) is 9.53 Å². The molecule has 1 rings (SSSR count). The van der Waals surface area contributed by atoms with Gasteiger partial charge in [-0.05, 0) is 51.6 Å². The van der Waals surface area contributed by atoms with E-state index in [9.17, 15) is 9.59 Å². The van der Waals surface area contributed by atoms with Crippen molar-refractivity contribution in [2.45, 2.75) is 25.2 Å². The summed E-state index contributed by atoms with van der Waals surface area (Å²) in [5.74, 6) is -0.908. The monoisotopic (exact) mass is 341 g/mol. The highest BCUT2D eigenvalue weighted by Crippen LogP contribution is 2.23. The lowest BCUT2D eigenvalue weighted by atomic mass is 10.1. The molecule has 7 nitrogen and oxygen atoms in total. The van der Waals surface area contributed by atoms with Gasteiger partial charge in [-0.25, -0.2) is 4.79 Å². The van der Waals surface area contributed by atoms with Crippen LogP contribution in [0.2, 0.25) is 0 Å². The summed E-state index contributed by atoms with van der Waals surface area (Å²) in [6.07, 6.45) is -4.82. The van der Waals surface area contributed by atoms with Crippen LogP contribution < -0.4 is 20.7 Å². The van der Waals surface area contributed by atoms with Gasteiger partial charge in [0.15, 0.2) is 0 Å². The van der Waals surface area contributed by atoms with Gasteiger partial charge in [0.1, 0.15) is 11.3 Å². The molecule has 1 atom stereocenters. The standard InChI is InChI=1S/C17H27N3O4/c1-18-10-6-5-7-14(19-2)16(21)20-12-8-9-15(23-3)13(11-12)17(22)24-4/h8-9,11,14,18-19H,5-7,10H2,1-4H3,(H,20,21)/t14-/m0/s1/i5D2,6D2. The molecule has 1 aromatic rings. The van der Waals surface area contributed by atoms with E-state index in [4.69, 9.17) is 15.0 Å². The lowest BCUT2D eigenvalue weighted by Crippen LogP contribution is -2.38. The molecule has 3 N–H and O–H groups in total. The molecule has 0 unspecified atom stereocenters. The van der Waals surface area contributed by atoms with Crippen molar-refractivity contribution in [1.29, 1.82) is 0 Å². The summed E-state index contributed by atoms with van der Waals surface area (Å²) in [6.45, 7) is -0.195. The molecule has 0 saturated carbocycles. The summed E-state index contributed by atoms with van der Waals surface area (Å²) < 4.78 is 41.7. The zero-order valence-corrected chi connectivity index (χ0v) is 14.4. The Kier molecular flexibility index (Phi) is 6.30. The second-order valence-corrected chi connectivity index (χ2v) is 4.83. The molecule has 0 radical (unpaired) electrons. The average Bonchev–Trinajstić information content (AvgIpc) is 2.65. The number of rotatable bonds is 10. The van der Waals surface area contributed by atoms with E-state index in [0.29, 0.717) is 5.69 Å². The summed E-state index contributed by atoms with van der Waals surface area (Å²) in [4.78, 5) is 24.4. The number of methoxy groups -OCH3 is 2. The Balaban J connectivity index is 3.00. The Morgan fingerprint density at radius 2 is 2.00 bits per heavy atom. The number of esters is 1. The van der Waals surface area contributed by atoms with Crippen molar-refractivity contribution in [3.8, 4) is 5.75 Å². The summed E-state index contributed by atoms with van der Waals surface area (Å²) in [7, 11) is 5.64. The van der Waals surface area contributed by atoms with E-state index in [1.54, 1.807) is 0 Å². The van der Waals surface area contributed by atoms with Crippen LogP contribution in [0.5, 0.6) is 5.75 Å². The molecule has 0 aliphatic heterocycles. The minimum absolute atomic E-state index is 0.129. The number of benzene rings is 1. The lowest BCUT2D eigenvalue weighted by molar-refractivity contribution is -0.118. The van der Waals surface area contributed by atoms with Crippen LogP contribution >= 0.6 is 0 Å². The van der Waals surface area contributed by atoms with Gasteiger partial charge in [0.2, 0.25) is 5.91 Å². The van der Waals surface area contributed by atoms with Gasteiger partial charge in [-0.3, -0.25) is 4.79 Å². The third-order valence-electron chi connectivity index (χ3n) is 3.23. The van der Waals surface area contributed by atoms with Gasteiger partial charge in [0.25, 0.3) is 0 Å². The van der Waals surface area contributed by atoms with E-state index in [1.807, 2.05) is 0 Å². The van der Waals surface area contributed by atoms with Crippen molar-refractivity contribution in [2.75, 3.05) is 40.2 Å². The van der Waals surface area contributed by atoms with Crippen molar-refractivity contribution in [3.05, 3.63) is 23.8 Å². The number of nitrogens with one attached hydrogen (secondary N) is 3. The molecule has 24 heavy (non-hydrogen) atoms. The number of likely N-dealkylation sites (N-methyl/N-ethyl adjacent to an activating group) is 1.